The van der Waals surface area contributed by atoms with E-state index in [1.54, 1.807) is 13.4 Å². The predicted molar refractivity (Wildman–Crippen MR) is 101 cm³/mol. The third-order valence-electron chi connectivity index (χ3n) is 4.77. The van der Waals surface area contributed by atoms with E-state index in [-0.39, 0.29) is 12.6 Å². The maximum absolute atomic E-state index is 12.2. The van der Waals surface area contributed by atoms with Gasteiger partial charge in [-0.15, -0.1) is 0 Å². The van der Waals surface area contributed by atoms with E-state index >= 15 is 0 Å². The van der Waals surface area contributed by atoms with Gasteiger partial charge in [-0.05, 0) is 29.8 Å². The first kappa shape index (κ1) is 19.9. The number of nitrogens with one attached hydrogen (secondary N) is 3. The molecule has 1 atom stereocenters. The van der Waals surface area contributed by atoms with Gasteiger partial charge in [0, 0.05) is 6.54 Å². The van der Waals surface area contributed by atoms with Gasteiger partial charge >= 0.3 is 11.8 Å². The SMILES string of the molecule is COc1cccc(CNC(=O)C(=O)NC[C@@H](c2ccco2)[NH+]2CCOCC2)c1. The van der Waals surface area contributed by atoms with Crippen LogP contribution in [0.25, 0.3) is 0 Å². The Labute approximate surface area is 163 Å². The highest BCUT2D eigenvalue weighted by molar-refractivity contribution is 6.35. The quantitative estimate of drug-likeness (QED) is 0.565. The number of carbonyl (C=O) groups excluding carboxylic acids is 2. The Balaban J connectivity index is 1.52. The Morgan fingerprint density at radius 3 is 2.64 bits per heavy atom. The first-order valence-electron chi connectivity index (χ1n) is 9.32. The van der Waals surface area contributed by atoms with Crippen LogP contribution in [0.3, 0.4) is 0 Å². The second-order valence-corrected chi connectivity index (χ2v) is 6.58. The van der Waals surface area contributed by atoms with Gasteiger partial charge in [-0.25, -0.2) is 0 Å². The lowest BCUT2D eigenvalue weighted by Gasteiger charge is -2.30. The Kier molecular flexibility index (Phi) is 7.05. The van der Waals surface area contributed by atoms with Crippen LogP contribution in [0.1, 0.15) is 17.4 Å². The largest absolute Gasteiger partial charge is 0.497 e. The standard InChI is InChI=1S/C20H25N3O5/c1-26-16-5-2-4-15(12-16)13-21-19(24)20(25)22-14-17(18-6-3-9-28-18)23-7-10-27-11-8-23/h2-6,9,12,17H,7-8,10-11,13-14H2,1H3,(H,21,24)(H,22,25)/p+1/t17-/m0/s1. The van der Waals surface area contributed by atoms with Crippen molar-refractivity contribution >= 4 is 11.8 Å². The molecule has 8 nitrogen and oxygen atoms in total. The summed E-state index contributed by atoms with van der Waals surface area (Å²) in [6.45, 7) is 3.55. The van der Waals surface area contributed by atoms with Gasteiger partial charge in [0.2, 0.25) is 0 Å². The number of carbonyl (C=O) groups is 2. The van der Waals surface area contributed by atoms with Crippen LogP contribution in [-0.4, -0.2) is 51.8 Å². The number of hydrogen-bond donors (Lipinski definition) is 3. The number of quaternary nitrogens is 1. The molecule has 28 heavy (non-hydrogen) atoms. The van der Waals surface area contributed by atoms with E-state index in [2.05, 4.69) is 10.6 Å². The van der Waals surface area contributed by atoms with Crippen LogP contribution in [-0.2, 0) is 20.9 Å². The Morgan fingerprint density at radius 2 is 1.93 bits per heavy atom. The molecule has 2 heterocycles. The molecule has 1 aromatic heterocycles. The summed E-state index contributed by atoms with van der Waals surface area (Å²) in [6.07, 6.45) is 1.62. The Hall–Kier alpha value is -2.84. The molecule has 1 aliphatic rings. The van der Waals surface area contributed by atoms with Crippen molar-refractivity contribution in [3.05, 3.63) is 54.0 Å². The van der Waals surface area contributed by atoms with Crippen LogP contribution in [0.4, 0.5) is 0 Å². The van der Waals surface area contributed by atoms with E-state index in [0.717, 1.165) is 24.4 Å². The number of hydrogen-bond acceptors (Lipinski definition) is 5. The van der Waals surface area contributed by atoms with E-state index in [4.69, 9.17) is 13.9 Å². The van der Waals surface area contributed by atoms with Crippen LogP contribution in [0, 0.1) is 0 Å². The lowest BCUT2D eigenvalue weighted by Crippen LogP contribution is -3.15. The first-order valence-corrected chi connectivity index (χ1v) is 9.32. The van der Waals surface area contributed by atoms with Crippen LogP contribution >= 0.6 is 0 Å². The maximum Gasteiger partial charge on any atom is 0.309 e. The van der Waals surface area contributed by atoms with Crippen molar-refractivity contribution in [1.82, 2.24) is 10.6 Å². The maximum atomic E-state index is 12.2. The number of methoxy groups -OCH3 is 1. The molecule has 0 unspecified atom stereocenters. The van der Waals surface area contributed by atoms with Crippen molar-refractivity contribution in [2.45, 2.75) is 12.6 Å². The zero-order valence-electron chi connectivity index (χ0n) is 15.9. The van der Waals surface area contributed by atoms with E-state index in [0.29, 0.717) is 25.5 Å². The van der Waals surface area contributed by atoms with Crippen LogP contribution in [0.15, 0.2) is 47.1 Å². The zero-order chi connectivity index (χ0) is 19.8. The summed E-state index contributed by atoms with van der Waals surface area (Å²) < 4.78 is 16.1. The van der Waals surface area contributed by atoms with Crippen LogP contribution in [0.5, 0.6) is 5.75 Å². The first-order chi connectivity index (χ1) is 13.7. The molecule has 8 heteroatoms. The van der Waals surface area contributed by atoms with Gasteiger partial charge in [-0.3, -0.25) is 9.59 Å². The Bertz CT molecular complexity index is 772. The molecule has 0 radical (unpaired) electrons. The minimum Gasteiger partial charge on any atom is -0.497 e. The molecule has 1 aromatic carbocycles. The molecular formula is C20H26N3O5+. The van der Waals surface area contributed by atoms with Crippen molar-refractivity contribution in [1.29, 1.82) is 0 Å². The van der Waals surface area contributed by atoms with Gasteiger partial charge in [-0.2, -0.15) is 0 Å². The Morgan fingerprint density at radius 1 is 1.14 bits per heavy atom. The van der Waals surface area contributed by atoms with Crippen molar-refractivity contribution in [2.75, 3.05) is 40.0 Å². The van der Waals surface area contributed by atoms with Gasteiger partial charge in [0.1, 0.15) is 18.8 Å². The molecule has 0 aliphatic carbocycles. The zero-order valence-corrected chi connectivity index (χ0v) is 15.9. The summed E-state index contributed by atoms with van der Waals surface area (Å²) in [5, 5.41) is 5.36. The fourth-order valence-electron chi connectivity index (χ4n) is 3.24. The smallest absolute Gasteiger partial charge is 0.309 e. The third-order valence-corrected chi connectivity index (χ3v) is 4.77. The van der Waals surface area contributed by atoms with Gasteiger partial charge in [-0.1, -0.05) is 12.1 Å². The highest BCUT2D eigenvalue weighted by Gasteiger charge is 2.29. The summed E-state index contributed by atoms with van der Waals surface area (Å²) in [5.74, 6) is 0.157. The average Bonchev–Trinajstić information content (AvgIpc) is 3.27. The fraction of sp³-hybridized carbons (Fsp3) is 0.400. The molecule has 0 spiro atoms. The number of ether oxygens (including phenoxy) is 2. The number of furan rings is 1. The van der Waals surface area contributed by atoms with Crippen molar-refractivity contribution < 1.29 is 28.4 Å². The van der Waals surface area contributed by atoms with E-state index in [1.807, 2.05) is 36.4 Å². The van der Waals surface area contributed by atoms with E-state index in [9.17, 15) is 9.59 Å². The highest BCUT2D eigenvalue weighted by Crippen LogP contribution is 2.12. The normalized spacial score (nSPS) is 15.6. The summed E-state index contributed by atoms with van der Waals surface area (Å²) in [5.41, 5.74) is 0.853. The van der Waals surface area contributed by atoms with E-state index in [1.165, 1.54) is 4.90 Å². The number of amides is 2. The summed E-state index contributed by atoms with van der Waals surface area (Å²) in [6, 6.07) is 11.0. The molecule has 1 fully saturated rings. The average molecular weight is 388 g/mol. The molecule has 150 valence electrons. The van der Waals surface area contributed by atoms with Gasteiger partial charge in [0.05, 0.1) is 33.1 Å². The summed E-state index contributed by atoms with van der Waals surface area (Å²) in [4.78, 5) is 25.6. The predicted octanol–water partition coefficient (Wildman–Crippen LogP) is -0.323. The molecule has 0 saturated carbocycles. The molecule has 1 aliphatic heterocycles. The van der Waals surface area contributed by atoms with Gasteiger partial charge in [0.15, 0.2) is 11.8 Å². The second kappa shape index (κ2) is 9.91. The number of benzene rings is 1. The van der Waals surface area contributed by atoms with Gasteiger partial charge < -0.3 is 29.4 Å². The minimum atomic E-state index is -0.669. The lowest BCUT2D eigenvalue weighted by molar-refractivity contribution is -0.938. The van der Waals surface area contributed by atoms with E-state index < -0.39 is 11.8 Å². The number of morpholine rings is 1. The summed E-state index contributed by atoms with van der Waals surface area (Å²) >= 11 is 0. The lowest BCUT2D eigenvalue weighted by atomic mass is 10.1. The molecule has 3 N–H and O–H groups in total. The second-order valence-electron chi connectivity index (χ2n) is 6.58. The van der Waals surface area contributed by atoms with Gasteiger partial charge in [0.25, 0.3) is 0 Å². The molecular weight excluding hydrogens is 362 g/mol. The van der Waals surface area contributed by atoms with Crippen molar-refractivity contribution in [3.8, 4) is 5.75 Å². The van der Waals surface area contributed by atoms with Crippen molar-refractivity contribution in [2.24, 2.45) is 0 Å². The molecule has 3 rings (SSSR count). The van der Waals surface area contributed by atoms with Crippen LogP contribution < -0.4 is 20.3 Å². The summed E-state index contributed by atoms with van der Waals surface area (Å²) in [7, 11) is 1.58. The monoisotopic (exact) mass is 388 g/mol. The van der Waals surface area contributed by atoms with Crippen LogP contribution in [0.2, 0.25) is 0 Å². The third kappa shape index (κ3) is 5.34. The topological polar surface area (TPSA) is 94.2 Å². The molecule has 2 aromatic rings. The number of rotatable bonds is 7. The molecule has 1 saturated heterocycles. The fourth-order valence-corrected chi connectivity index (χ4v) is 3.24. The molecule has 2 amide bonds. The minimum absolute atomic E-state index is 0.0611. The van der Waals surface area contributed by atoms with Crippen molar-refractivity contribution in [3.63, 3.8) is 0 Å². The molecule has 0 bridgehead atoms. The highest BCUT2D eigenvalue weighted by atomic mass is 16.5.